The van der Waals surface area contributed by atoms with Crippen molar-refractivity contribution in [1.29, 1.82) is 0 Å². The third-order valence-corrected chi connectivity index (χ3v) is 15.1. The number of nitrogens with zero attached hydrogens (tertiary/aromatic N) is 6. The normalized spacial score (nSPS) is 13.7. The molecular formula is C98H80N7O7+. The van der Waals surface area contributed by atoms with Crippen LogP contribution in [0, 0.1) is 262 Å². The van der Waals surface area contributed by atoms with Crippen LogP contribution in [0.3, 0.4) is 0 Å². The number of para-hydroxylation sites is 1. The van der Waals surface area contributed by atoms with Gasteiger partial charge < -0.3 is 19.5 Å². The van der Waals surface area contributed by atoms with E-state index in [0.29, 0.717) is 52.4 Å². The van der Waals surface area contributed by atoms with Gasteiger partial charge in [0.2, 0.25) is 23.4 Å². The first-order valence-corrected chi connectivity index (χ1v) is 35.1. The van der Waals surface area contributed by atoms with Gasteiger partial charge in [0.15, 0.2) is 0 Å². The van der Waals surface area contributed by atoms with E-state index in [1.165, 1.54) is 0 Å². The number of esters is 3. The molecule has 14 heteroatoms. The van der Waals surface area contributed by atoms with Crippen LogP contribution in [0.2, 0.25) is 0 Å². The Morgan fingerprint density at radius 1 is 0.429 bits per heavy atom. The molecule has 0 aliphatic carbocycles. The summed E-state index contributed by atoms with van der Waals surface area (Å²) in [6.07, 6.45) is 20.0. The third kappa shape index (κ3) is 34.2. The van der Waals surface area contributed by atoms with Crippen molar-refractivity contribution >= 4 is 40.9 Å². The van der Waals surface area contributed by atoms with E-state index in [-0.39, 0.29) is 44.6 Å². The van der Waals surface area contributed by atoms with E-state index in [1.807, 2.05) is 152 Å². The van der Waals surface area contributed by atoms with Crippen LogP contribution in [0.15, 0.2) is 78.5 Å². The van der Waals surface area contributed by atoms with Gasteiger partial charge in [0.05, 0.1) is 43.2 Å². The van der Waals surface area contributed by atoms with Crippen molar-refractivity contribution in [1.82, 2.24) is 24.9 Å². The lowest BCUT2D eigenvalue weighted by Gasteiger charge is -2.34. The Labute approximate surface area is 664 Å². The fourth-order valence-electron chi connectivity index (χ4n) is 10.5. The number of anilines is 1. The number of rotatable bonds is 13. The predicted octanol–water partition coefficient (Wildman–Crippen LogP) is 6.97. The van der Waals surface area contributed by atoms with E-state index >= 15 is 0 Å². The highest BCUT2D eigenvalue weighted by atomic mass is 16.6. The van der Waals surface area contributed by atoms with Gasteiger partial charge in [-0.05, 0) is 194 Å². The molecule has 2 aromatic carbocycles. The molecule has 1 fully saturated rings. The maximum absolute atomic E-state index is 14.3. The Morgan fingerprint density at radius 3 is 1.15 bits per heavy atom. The monoisotopic (exact) mass is 1470 g/mol. The summed E-state index contributed by atoms with van der Waals surface area (Å²) in [5.74, 6) is 101. The molecule has 112 heavy (non-hydrogen) atoms. The number of amides is 1. The van der Waals surface area contributed by atoms with Crippen molar-refractivity contribution in [2.75, 3.05) is 83.4 Å². The number of carbonyl (C=O) groups is 4. The quantitative estimate of drug-likeness (QED) is 0.0733. The van der Waals surface area contributed by atoms with Gasteiger partial charge in [0.1, 0.15) is 16.8 Å². The molecule has 0 saturated carbocycles. The molecule has 5 rings (SSSR count). The molecular weight excluding hydrogens is 1390 g/mol. The summed E-state index contributed by atoms with van der Waals surface area (Å²) in [4.78, 5) is 64.2. The molecule has 0 atom stereocenters. The van der Waals surface area contributed by atoms with Gasteiger partial charge in [-0.2, -0.15) is 0 Å². The number of allylic oxidation sites excluding steroid dienone is 6. The second-order valence-electron chi connectivity index (χ2n) is 27.9. The van der Waals surface area contributed by atoms with Gasteiger partial charge in [-0.25, -0.2) is 0 Å². The lowest BCUT2D eigenvalue weighted by Crippen LogP contribution is -2.50. The lowest BCUT2D eigenvalue weighted by atomic mass is 9.81. The molecule has 1 N–H and O–H groups in total. The summed E-state index contributed by atoms with van der Waals surface area (Å²) in [7, 11) is 0. The number of ether oxygens (including phenoxy) is 3. The smallest absolute Gasteiger partial charge is 0.320 e. The minimum absolute atomic E-state index is 0.00624. The Morgan fingerprint density at radius 2 is 0.777 bits per heavy atom. The second kappa shape index (κ2) is 46.3. The molecule has 14 nitrogen and oxygen atoms in total. The number of carbonyl (C=O) groups excluding carboxylic acids is 4. The maximum atomic E-state index is 14.3. The van der Waals surface area contributed by atoms with Crippen LogP contribution in [0.4, 0.5) is 11.4 Å². The lowest BCUT2D eigenvalue weighted by molar-refractivity contribution is -0.332. The van der Waals surface area contributed by atoms with Crippen LogP contribution in [-0.4, -0.2) is 149 Å². The van der Waals surface area contributed by atoms with E-state index in [9.17, 15) is 19.2 Å². The first-order chi connectivity index (χ1) is 53.6. The van der Waals surface area contributed by atoms with Crippen molar-refractivity contribution in [2.45, 2.75) is 124 Å². The molecule has 1 saturated heterocycles. The third-order valence-electron chi connectivity index (χ3n) is 15.1. The summed E-state index contributed by atoms with van der Waals surface area (Å²) in [5, 5.41) is 3.17. The summed E-state index contributed by atoms with van der Waals surface area (Å²) in [6.45, 7) is 28.3. The molecule has 0 bridgehead atoms. The Kier molecular flexibility index (Phi) is 36.3. The zero-order valence-electron chi connectivity index (χ0n) is 65.3. The number of fused-ring (bicyclic) bond motifs is 2. The van der Waals surface area contributed by atoms with Gasteiger partial charge in [0, 0.05) is 230 Å². The van der Waals surface area contributed by atoms with E-state index in [1.54, 1.807) is 0 Å². The van der Waals surface area contributed by atoms with E-state index in [0.717, 1.165) is 39.5 Å². The summed E-state index contributed by atoms with van der Waals surface area (Å²) in [5.41, 5.74) is 3.28. The van der Waals surface area contributed by atoms with Crippen LogP contribution >= 0.6 is 0 Å². The van der Waals surface area contributed by atoms with Gasteiger partial charge in [-0.3, -0.25) is 43.7 Å². The molecule has 548 valence electrons. The Bertz CT molecular complexity index is 5600. The zero-order valence-corrected chi connectivity index (χ0v) is 65.3. The molecule has 1 amide bonds. The Hall–Kier alpha value is -14.8. The highest BCUT2D eigenvalue weighted by Gasteiger charge is 2.44. The molecule has 0 aromatic heterocycles. The average Bonchev–Trinajstić information content (AvgIpc) is 1.62. The molecule has 3 heterocycles. The van der Waals surface area contributed by atoms with E-state index in [4.69, 9.17) is 27.1 Å². The van der Waals surface area contributed by atoms with Gasteiger partial charge in [0.25, 0.3) is 0 Å². The van der Waals surface area contributed by atoms with Crippen LogP contribution in [-0.2, 0) is 50.8 Å². The van der Waals surface area contributed by atoms with Gasteiger partial charge in [-0.15, -0.1) is 17.4 Å². The molecule has 2 aromatic rings. The number of terminal acetylenes is 2. The number of benzene rings is 2. The first-order valence-electron chi connectivity index (χ1n) is 35.1. The predicted molar refractivity (Wildman–Crippen MR) is 441 cm³/mol. The topological polar surface area (TPSA) is 127 Å². The molecule has 3 aliphatic heterocycles. The minimum Gasteiger partial charge on any atom is -0.459 e. The van der Waals surface area contributed by atoms with Gasteiger partial charge >= 0.3 is 17.9 Å². The van der Waals surface area contributed by atoms with Crippen molar-refractivity contribution in [3.05, 3.63) is 95.2 Å². The van der Waals surface area contributed by atoms with Crippen LogP contribution in [0.25, 0.3) is 0 Å². The molecule has 0 spiro atoms. The van der Waals surface area contributed by atoms with Crippen molar-refractivity contribution in [2.24, 2.45) is 0 Å². The van der Waals surface area contributed by atoms with Crippen LogP contribution < -0.4 is 10.2 Å². The molecule has 3 aliphatic rings. The SMILES string of the molecule is C#CC#CC#CC#CC#CC#CC#CC#CC#CC#CC#CN1/C(=C/C=C/C=C/C2=[N+](C#CC#CC#CC#CC#CC#CC#CC#CC#CC#CC#C)c3ccccc3C2(C)C)C(C)(C)c2cc(CNC(=O)CN3CCN(CC(=O)OC(C)(C)C)CCN(CC(=O)OC(C)(C)C)CCN(CC(=O)OC(C)(C)C)CC3)ccc21. The summed E-state index contributed by atoms with van der Waals surface area (Å²) < 4.78 is 19.2. The van der Waals surface area contributed by atoms with E-state index in [2.05, 4.69) is 294 Å². The van der Waals surface area contributed by atoms with E-state index < -0.39 is 39.6 Å². The number of hydrogen-bond acceptors (Lipinski definition) is 12. The van der Waals surface area contributed by atoms with Gasteiger partial charge in [-0.1, -0.05) is 62.4 Å². The highest BCUT2D eigenvalue weighted by Crippen LogP contribution is 2.48. The molecule has 0 radical (unpaired) electrons. The van der Waals surface area contributed by atoms with Crippen molar-refractivity contribution in [3.8, 4) is 262 Å². The highest BCUT2D eigenvalue weighted by molar-refractivity contribution is 6.03. The fourth-order valence-corrected chi connectivity index (χ4v) is 10.5. The molecule has 0 unspecified atom stereocenters. The number of hydrogen-bond donors (Lipinski definition) is 1. The number of nitrogens with one attached hydrogen (secondary N) is 1. The minimum atomic E-state index is -0.710. The second-order valence-corrected chi connectivity index (χ2v) is 27.9. The zero-order chi connectivity index (χ0) is 81.5. The van der Waals surface area contributed by atoms with Crippen molar-refractivity contribution in [3.63, 3.8) is 0 Å². The van der Waals surface area contributed by atoms with Crippen molar-refractivity contribution < 1.29 is 38.0 Å². The average molecular weight is 1470 g/mol. The standard InChI is InChI=1S/C98H79N7O7/c1-16-18-20-22-24-26-28-30-32-34-36-38-40-42-44-46-48-50-52-59-67-104-86-62-58-57-61-84(86)97(12,13)88(104)63-55-54-56-64-89-98(14,15)85-77-83(65-66-87(85)105(89)68-60-53-51-49-47-45-43-41-39-37-35-33-31-29-27-25-23-21-19-17-2)78-99-90(106)79-100-69-71-101(80-91(107)110-94(3,4)5)73-75-103(82-93(109)112-96(9,10)11)76-74-102(72-70-100)81-92(108)111-95(6,7)8/h1-2,54-58,61-66,77H,69-76,78-82H2,3-15H3/p+1. The van der Waals surface area contributed by atoms with Crippen LogP contribution in [0.5, 0.6) is 0 Å². The summed E-state index contributed by atoms with van der Waals surface area (Å²) >= 11 is 0. The maximum Gasteiger partial charge on any atom is 0.320 e. The van der Waals surface area contributed by atoms with Crippen LogP contribution in [0.1, 0.15) is 107 Å². The fraction of sp³-hybridized carbons (Fsp3) is 0.316. The first kappa shape index (κ1) is 87.8. The Balaban J connectivity index is 1.43. The largest absolute Gasteiger partial charge is 0.459 e. The summed E-state index contributed by atoms with van der Waals surface area (Å²) in [6, 6.07) is 20.6.